The van der Waals surface area contributed by atoms with Gasteiger partial charge in [0.2, 0.25) is 0 Å². The van der Waals surface area contributed by atoms with E-state index in [9.17, 15) is 5.11 Å². The first kappa shape index (κ1) is 11.0. The van der Waals surface area contributed by atoms with Gasteiger partial charge in [-0.15, -0.1) is 0 Å². The third-order valence-electron chi connectivity index (χ3n) is 2.56. The minimum atomic E-state index is -0.170. The maximum absolute atomic E-state index is 9.64. The summed E-state index contributed by atoms with van der Waals surface area (Å²) in [7, 11) is 0. The third kappa shape index (κ3) is 3.67. The number of aliphatic hydroxyl groups is 1. The van der Waals surface area contributed by atoms with E-state index < -0.39 is 0 Å². The van der Waals surface area contributed by atoms with Gasteiger partial charge in [-0.2, -0.15) is 0 Å². The monoisotopic (exact) mass is 203 g/mol. The number of nitrogens with one attached hydrogen (secondary N) is 1. The molecular weight excluding hydrogens is 186 g/mol. The summed E-state index contributed by atoms with van der Waals surface area (Å²) in [5.41, 5.74) is 2.70. The molecule has 0 radical (unpaired) electrons. The summed E-state index contributed by atoms with van der Waals surface area (Å²) in [6, 6.07) is 0.264. The molecule has 1 fully saturated rings. The lowest BCUT2D eigenvalue weighted by molar-refractivity contribution is 0.0925. The minimum Gasteiger partial charge on any atom is -0.392 e. The summed E-state index contributed by atoms with van der Waals surface area (Å²) in [4.78, 5) is 0. The highest BCUT2D eigenvalue weighted by molar-refractivity contribution is 6.25. The van der Waals surface area contributed by atoms with Gasteiger partial charge in [0.05, 0.1) is 6.10 Å². The molecule has 2 unspecified atom stereocenters. The van der Waals surface area contributed by atoms with E-state index in [-0.39, 0.29) is 12.1 Å². The highest BCUT2D eigenvalue weighted by Gasteiger charge is 2.21. The standard InChI is InChI=1S/C10H18ClNO/c1-8(6-11)7-12-9-4-2-3-5-10(9)13/h6,9-10,12-13H,2-5,7H2,1H3. The molecule has 2 N–H and O–H groups in total. The van der Waals surface area contributed by atoms with Gasteiger partial charge < -0.3 is 10.4 Å². The first-order valence-electron chi connectivity index (χ1n) is 4.91. The van der Waals surface area contributed by atoms with Crippen LogP contribution in [0.4, 0.5) is 0 Å². The van der Waals surface area contributed by atoms with Crippen LogP contribution in [0.2, 0.25) is 0 Å². The van der Waals surface area contributed by atoms with E-state index in [4.69, 9.17) is 11.6 Å². The zero-order valence-corrected chi connectivity index (χ0v) is 8.85. The molecule has 1 aliphatic carbocycles. The molecule has 0 heterocycles. The zero-order chi connectivity index (χ0) is 9.68. The van der Waals surface area contributed by atoms with Crippen molar-refractivity contribution in [1.82, 2.24) is 5.32 Å². The van der Waals surface area contributed by atoms with Crippen molar-refractivity contribution in [3.8, 4) is 0 Å². The number of hydrogen-bond donors (Lipinski definition) is 2. The Kier molecular flexibility index (Phi) is 4.78. The molecule has 0 spiro atoms. The molecule has 1 rings (SSSR count). The maximum Gasteiger partial charge on any atom is 0.0693 e. The molecule has 0 amide bonds. The predicted octanol–water partition coefficient (Wildman–Crippen LogP) is 2.02. The van der Waals surface area contributed by atoms with Gasteiger partial charge in [-0.1, -0.05) is 24.4 Å². The Hall–Kier alpha value is -0.0500. The lowest BCUT2D eigenvalue weighted by Gasteiger charge is -2.28. The predicted molar refractivity (Wildman–Crippen MR) is 55.9 cm³/mol. The minimum absolute atomic E-state index is 0.170. The summed E-state index contributed by atoms with van der Waals surface area (Å²) >= 11 is 5.54. The summed E-state index contributed by atoms with van der Waals surface area (Å²) in [6.45, 7) is 2.76. The molecule has 3 heteroatoms. The van der Waals surface area contributed by atoms with Gasteiger partial charge in [0.1, 0.15) is 0 Å². The highest BCUT2D eigenvalue weighted by Crippen LogP contribution is 2.18. The highest BCUT2D eigenvalue weighted by atomic mass is 35.5. The van der Waals surface area contributed by atoms with E-state index >= 15 is 0 Å². The van der Waals surface area contributed by atoms with Crippen molar-refractivity contribution in [1.29, 1.82) is 0 Å². The Labute approximate surface area is 85.0 Å². The van der Waals surface area contributed by atoms with Crippen molar-refractivity contribution < 1.29 is 5.11 Å². The first-order chi connectivity index (χ1) is 6.24. The van der Waals surface area contributed by atoms with E-state index in [1.165, 1.54) is 6.42 Å². The van der Waals surface area contributed by atoms with Gasteiger partial charge in [-0.05, 0) is 25.3 Å². The second-order valence-corrected chi connectivity index (χ2v) is 4.01. The van der Waals surface area contributed by atoms with Crippen LogP contribution in [-0.4, -0.2) is 23.8 Å². The first-order valence-corrected chi connectivity index (χ1v) is 5.35. The third-order valence-corrected chi connectivity index (χ3v) is 2.93. The smallest absolute Gasteiger partial charge is 0.0693 e. The molecular formula is C10H18ClNO. The van der Waals surface area contributed by atoms with Crippen molar-refractivity contribution in [3.63, 3.8) is 0 Å². The van der Waals surface area contributed by atoms with Crippen LogP contribution in [0.3, 0.4) is 0 Å². The van der Waals surface area contributed by atoms with Crippen LogP contribution < -0.4 is 5.32 Å². The number of rotatable bonds is 3. The number of halogens is 1. The fourth-order valence-electron chi connectivity index (χ4n) is 1.68. The van der Waals surface area contributed by atoms with Crippen molar-refractivity contribution >= 4 is 11.6 Å². The summed E-state index contributed by atoms with van der Waals surface area (Å²) in [6.07, 6.45) is 4.22. The molecule has 0 bridgehead atoms. The fraction of sp³-hybridized carbons (Fsp3) is 0.800. The van der Waals surface area contributed by atoms with Crippen LogP contribution in [-0.2, 0) is 0 Å². The molecule has 0 aromatic carbocycles. The number of aliphatic hydroxyl groups excluding tert-OH is 1. The molecule has 2 nitrogen and oxygen atoms in total. The molecule has 0 aliphatic heterocycles. The van der Waals surface area contributed by atoms with Crippen LogP contribution in [0.5, 0.6) is 0 Å². The summed E-state index contributed by atoms with van der Waals surface area (Å²) in [5, 5.41) is 13.0. The van der Waals surface area contributed by atoms with Gasteiger partial charge in [-0.3, -0.25) is 0 Å². The van der Waals surface area contributed by atoms with E-state index in [1.54, 1.807) is 5.54 Å². The lowest BCUT2D eigenvalue weighted by atomic mass is 9.92. The Morgan fingerprint density at radius 2 is 2.23 bits per heavy atom. The van der Waals surface area contributed by atoms with Gasteiger partial charge in [0.15, 0.2) is 0 Å². The van der Waals surface area contributed by atoms with Crippen molar-refractivity contribution in [3.05, 3.63) is 11.1 Å². The summed E-state index contributed by atoms with van der Waals surface area (Å²) < 4.78 is 0. The second-order valence-electron chi connectivity index (χ2n) is 3.79. The van der Waals surface area contributed by atoms with Crippen LogP contribution in [0.25, 0.3) is 0 Å². The van der Waals surface area contributed by atoms with Crippen LogP contribution >= 0.6 is 11.6 Å². The largest absolute Gasteiger partial charge is 0.392 e. The van der Waals surface area contributed by atoms with E-state index in [1.807, 2.05) is 6.92 Å². The van der Waals surface area contributed by atoms with Crippen molar-refractivity contribution in [2.45, 2.75) is 44.8 Å². The molecule has 76 valence electrons. The van der Waals surface area contributed by atoms with Gasteiger partial charge >= 0.3 is 0 Å². The van der Waals surface area contributed by atoms with Crippen molar-refractivity contribution in [2.24, 2.45) is 0 Å². The Bertz CT molecular complexity index is 182. The van der Waals surface area contributed by atoms with Gasteiger partial charge in [0.25, 0.3) is 0 Å². The topological polar surface area (TPSA) is 32.3 Å². The van der Waals surface area contributed by atoms with Crippen LogP contribution in [0.15, 0.2) is 11.1 Å². The molecule has 0 aromatic heterocycles. The molecule has 2 atom stereocenters. The Balaban J connectivity index is 2.26. The quantitative estimate of drug-likeness (QED) is 0.736. The normalized spacial score (nSPS) is 30.5. The Morgan fingerprint density at radius 3 is 2.85 bits per heavy atom. The van der Waals surface area contributed by atoms with Crippen LogP contribution in [0.1, 0.15) is 32.6 Å². The molecule has 0 aromatic rings. The summed E-state index contributed by atoms with van der Waals surface area (Å²) in [5.74, 6) is 0. The zero-order valence-electron chi connectivity index (χ0n) is 8.09. The average Bonchev–Trinajstić information content (AvgIpc) is 2.16. The Morgan fingerprint density at radius 1 is 1.54 bits per heavy atom. The van der Waals surface area contributed by atoms with Crippen molar-refractivity contribution in [2.75, 3.05) is 6.54 Å². The molecule has 0 saturated heterocycles. The SMILES string of the molecule is CC(=CCl)CNC1CCCCC1O. The van der Waals surface area contributed by atoms with Crippen LogP contribution in [0, 0.1) is 0 Å². The second kappa shape index (κ2) is 5.63. The van der Waals surface area contributed by atoms with E-state index in [0.717, 1.165) is 31.4 Å². The maximum atomic E-state index is 9.64. The van der Waals surface area contributed by atoms with E-state index in [2.05, 4.69) is 5.32 Å². The van der Waals surface area contributed by atoms with Gasteiger partial charge in [0, 0.05) is 18.1 Å². The molecule has 13 heavy (non-hydrogen) atoms. The fourth-order valence-corrected chi connectivity index (χ4v) is 1.76. The average molecular weight is 204 g/mol. The molecule has 1 aliphatic rings. The number of hydrogen-bond acceptors (Lipinski definition) is 2. The molecule has 1 saturated carbocycles. The lowest BCUT2D eigenvalue weighted by Crippen LogP contribution is -2.42. The van der Waals surface area contributed by atoms with Gasteiger partial charge in [-0.25, -0.2) is 0 Å². The van der Waals surface area contributed by atoms with E-state index in [0.29, 0.717) is 0 Å².